The number of benzene rings is 2. The smallest absolute Gasteiger partial charge is 0.241 e. The normalized spacial score (nSPS) is 16.8. The molecule has 1 aliphatic heterocycles. The molecule has 0 fully saturated rings. The molecular weight excluding hydrogens is 373 g/mol. The first-order valence-corrected chi connectivity index (χ1v) is 10.1. The van der Waals surface area contributed by atoms with E-state index < -0.39 is 0 Å². The van der Waals surface area contributed by atoms with Gasteiger partial charge in [0.05, 0.1) is 12.6 Å². The summed E-state index contributed by atoms with van der Waals surface area (Å²) in [5.41, 5.74) is 3.37. The SMILES string of the molecule is Fc1ccc(-c2noc(CN3CCc4sccc4[C@@H]3c3ccccc3)n2)cc1. The van der Waals surface area contributed by atoms with Crippen LogP contribution in [-0.4, -0.2) is 21.6 Å². The molecule has 0 unspecified atom stereocenters. The zero-order valence-corrected chi connectivity index (χ0v) is 15.9. The molecule has 5 rings (SSSR count). The zero-order chi connectivity index (χ0) is 18.9. The maximum Gasteiger partial charge on any atom is 0.241 e. The van der Waals surface area contributed by atoms with Crippen molar-refractivity contribution in [2.45, 2.75) is 19.0 Å². The van der Waals surface area contributed by atoms with Gasteiger partial charge < -0.3 is 4.52 Å². The minimum atomic E-state index is -0.280. The molecule has 4 aromatic rings. The van der Waals surface area contributed by atoms with Crippen LogP contribution in [0.1, 0.15) is 27.9 Å². The Morgan fingerprint density at radius 1 is 1.07 bits per heavy atom. The highest BCUT2D eigenvalue weighted by Crippen LogP contribution is 2.38. The van der Waals surface area contributed by atoms with E-state index >= 15 is 0 Å². The highest BCUT2D eigenvalue weighted by atomic mass is 32.1. The van der Waals surface area contributed by atoms with Crippen LogP contribution in [-0.2, 0) is 13.0 Å². The number of fused-ring (bicyclic) bond motifs is 1. The molecule has 0 aliphatic carbocycles. The van der Waals surface area contributed by atoms with Gasteiger partial charge in [0.15, 0.2) is 0 Å². The van der Waals surface area contributed by atoms with E-state index in [1.807, 2.05) is 17.4 Å². The molecule has 0 radical (unpaired) electrons. The highest BCUT2D eigenvalue weighted by Gasteiger charge is 2.30. The van der Waals surface area contributed by atoms with Crippen LogP contribution in [0, 0.1) is 5.82 Å². The van der Waals surface area contributed by atoms with Crippen molar-refractivity contribution in [2.24, 2.45) is 0 Å². The standard InChI is InChI=1S/C22H18FN3OS/c23-17-8-6-16(7-9-17)22-24-20(27-25-22)14-26-12-10-19-18(11-13-28-19)21(26)15-4-2-1-3-5-15/h1-9,11,13,21H,10,12,14H2/t21-/m0/s1. The average molecular weight is 391 g/mol. The summed E-state index contributed by atoms with van der Waals surface area (Å²) in [6.45, 7) is 1.50. The van der Waals surface area contributed by atoms with Gasteiger partial charge in [-0.1, -0.05) is 35.5 Å². The van der Waals surface area contributed by atoms with Gasteiger partial charge in [-0.15, -0.1) is 11.3 Å². The molecule has 2 aromatic heterocycles. The predicted molar refractivity (Wildman–Crippen MR) is 106 cm³/mol. The van der Waals surface area contributed by atoms with Gasteiger partial charge in [-0.05, 0) is 53.3 Å². The van der Waals surface area contributed by atoms with Crippen LogP contribution >= 0.6 is 11.3 Å². The molecule has 28 heavy (non-hydrogen) atoms. The fourth-order valence-electron chi connectivity index (χ4n) is 3.77. The molecule has 0 saturated carbocycles. The summed E-state index contributed by atoms with van der Waals surface area (Å²) in [4.78, 5) is 8.36. The summed E-state index contributed by atoms with van der Waals surface area (Å²) in [7, 11) is 0. The van der Waals surface area contributed by atoms with Gasteiger partial charge >= 0.3 is 0 Å². The molecule has 0 amide bonds. The summed E-state index contributed by atoms with van der Waals surface area (Å²) in [6.07, 6.45) is 1.02. The van der Waals surface area contributed by atoms with E-state index in [0.29, 0.717) is 18.3 Å². The van der Waals surface area contributed by atoms with Crippen molar-refractivity contribution in [1.82, 2.24) is 15.0 Å². The molecule has 0 bridgehead atoms. The highest BCUT2D eigenvalue weighted by molar-refractivity contribution is 7.10. The average Bonchev–Trinajstić information content (AvgIpc) is 3.39. The first-order valence-electron chi connectivity index (χ1n) is 9.22. The van der Waals surface area contributed by atoms with Gasteiger partial charge in [-0.25, -0.2) is 4.39 Å². The molecule has 3 heterocycles. The number of thiophene rings is 1. The van der Waals surface area contributed by atoms with Crippen LogP contribution in [0.4, 0.5) is 4.39 Å². The van der Waals surface area contributed by atoms with E-state index in [2.05, 4.69) is 50.8 Å². The van der Waals surface area contributed by atoms with E-state index in [4.69, 9.17) is 4.52 Å². The van der Waals surface area contributed by atoms with Crippen LogP contribution in [0.5, 0.6) is 0 Å². The number of halogens is 1. The van der Waals surface area contributed by atoms with Crippen molar-refractivity contribution in [3.05, 3.63) is 93.8 Å². The summed E-state index contributed by atoms with van der Waals surface area (Å²) >= 11 is 1.83. The van der Waals surface area contributed by atoms with Gasteiger partial charge in [-0.3, -0.25) is 4.90 Å². The number of nitrogens with zero attached hydrogens (tertiary/aromatic N) is 3. The van der Waals surface area contributed by atoms with Crippen molar-refractivity contribution < 1.29 is 8.91 Å². The van der Waals surface area contributed by atoms with Crippen molar-refractivity contribution in [2.75, 3.05) is 6.54 Å². The maximum atomic E-state index is 13.1. The van der Waals surface area contributed by atoms with Crippen molar-refractivity contribution >= 4 is 11.3 Å². The maximum absolute atomic E-state index is 13.1. The van der Waals surface area contributed by atoms with Crippen molar-refractivity contribution in [3.8, 4) is 11.4 Å². The third-order valence-electron chi connectivity index (χ3n) is 5.09. The molecule has 140 valence electrons. The number of hydrogen-bond acceptors (Lipinski definition) is 5. The molecule has 0 N–H and O–H groups in total. The molecule has 0 saturated heterocycles. The van der Waals surface area contributed by atoms with Gasteiger partial charge in [0.25, 0.3) is 0 Å². The Bertz CT molecular complexity index is 1070. The van der Waals surface area contributed by atoms with E-state index in [1.54, 1.807) is 12.1 Å². The zero-order valence-electron chi connectivity index (χ0n) is 15.1. The van der Waals surface area contributed by atoms with Crippen LogP contribution in [0.15, 0.2) is 70.6 Å². The lowest BCUT2D eigenvalue weighted by Crippen LogP contribution is -2.35. The molecule has 0 spiro atoms. The lowest BCUT2D eigenvalue weighted by molar-refractivity contribution is 0.179. The fourth-order valence-corrected chi connectivity index (χ4v) is 4.68. The van der Waals surface area contributed by atoms with Gasteiger partial charge in [-0.2, -0.15) is 4.98 Å². The van der Waals surface area contributed by atoms with Gasteiger partial charge in [0.1, 0.15) is 5.82 Å². The predicted octanol–water partition coefficient (Wildman–Crippen LogP) is 5.08. The number of rotatable bonds is 4. The Kier molecular flexibility index (Phi) is 4.50. The molecule has 4 nitrogen and oxygen atoms in total. The lowest BCUT2D eigenvalue weighted by Gasteiger charge is -2.35. The second kappa shape index (κ2) is 7.30. The van der Waals surface area contributed by atoms with Crippen LogP contribution in [0.3, 0.4) is 0 Å². The summed E-state index contributed by atoms with van der Waals surface area (Å²) < 4.78 is 18.7. The number of hydrogen-bond donors (Lipinski definition) is 0. The third-order valence-corrected chi connectivity index (χ3v) is 6.09. The summed E-state index contributed by atoms with van der Waals surface area (Å²) in [5.74, 6) is 0.775. The summed E-state index contributed by atoms with van der Waals surface area (Å²) in [6, 6.07) is 19.1. The summed E-state index contributed by atoms with van der Waals surface area (Å²) in [5, 5.41) is 6.25. The van der Waals surface area contributed by atoms with Crippen molar-refractivity contribution in [1.29, 1.82) is 0 Å². The Labute approximate surface area is 166 Å². The monoisotopic (exact) mass is 391 g/mol. The van der Waals surface area contributed by atoms with E-state index in [0.717, 1.165) is 18.5 Å². The molecule has 1 aliphatic rings. The third kappa shape index (κ3) is 3.25. The number of aromatic nitrogens is 2. The molecule has 1 atom stereocenters. The largest absolute Gasteiger partial charge is 0.338 e. The van der Waals surface area contributed by atoms with E-state index in [9.17, 15) is 4.39 Å². The Morgan fingerprint density at radius 3 is 2.71 bits per heavy atom. The molecule has 6 heteroatoms. The van der Waals surface area contributed by atoms with Crippen LogP contribution in [0.2, 0.25) is 0 Å². The van der Waals surface area contributed by atoms with E-state index in [-0.39, 0.29) is 11.9 Å². The molecular formula is C22H18FN3OS. The first-order chi connectivity index (χ1) is 13.8. The van der Waals surface area contributed by atoms with Crippen LogP contribution < -0.4 is 0 Å². The van der Waals surface area contributed by atoms with Gasteiger partial charge in [0, 0.05) is 17.0 Å². The first kappa shape index (κ1) is 17.3. The second-order valence-corrected chi connectivity index (χ2v) is 7.85. The van der Waals surface area contributed by atoms with Crippen molar-refractivity contribution in [3.63, 3.8) is 0 Å². The minimum Gasteiger partial charge on any atom is -0.338 e. The second-order valence-electron chi connectivity index (χ2n) is 6.85. The van der Waals surface area contributed by atoms with Gasteiger partial charge in [0.2, 0.25) is 11.7 Å². The topological polar surface area (TPSA) is 42.2 Å². The lowest BCUT2D eigenvalue weighted by atomic mass is 9.93. The Hall–Kier alpha value is -2.83. The van der Waals surface area contributed by atoms with Crippen LogP contribution in [0.25, 0.3) is 11.4 Å². The van der Waals surface area contributed by atoms with E-state index in [1.165, 1.54) is 28.1 Å². The fraction of sp³-hybridized carbons (Fsp3) is 0.182. The quantitative estimate of drug-likeness (QED) is 0.486. The minimum absolute atomic E-state index is 0.178. The molecule has 2 aromatic carbocycles. The Balaban J connectivity index is 1.43. The Morgan fingerprint density at radius 2 is 1.89 bits per heavy atom.